The summed E-state index contributed by atoms with van der Waals surface area (Å²) in [6.45, 7) is 4.25. The van der Waals surface area contributed by atoms with E-state index in [2.05, 4.69) is 33.7 Å². The van der Waals surface area contributed by atoms with Crippen LogP contribution in [0.5, 0.6) is 5.75 Å². The molecule has 0 saturated heterocycles. The summed E-state index contributed by atoms with van der Waals surface area (Å²) in [4.78, 5) is 9.26. The first-order chi connectivity index (χ1) is 12.8. The number of ether oxygens (including phenoxy) is 1. The van der Waals surface area contributed by atoms with E-state index in [1.54, 1.807) is 7.11 Å². The topological polar surface area (TPSA) is 63.0 Å². The Morgan fingerprint density at radius 3 is 2.85 bits per heavy atom. The van der Waals surface area contributed by atoms with Crippen LogP contribution in [0.1, 0.15) is 18.2 Å². The lowest BCUT2D eigenvalue weighted by Crippen LogP contribution is -2.38. The number of nitrogens with zero attached hydrogens (tertiary/aromatic N) is 3. The van der Waals surface area contributed by atoms with Gasteiger partial charge in [-0.3, -0.25) is 0 Å². The van der Waals surface area contributed by atoms with Crippen molar-refractivity contribution in [3.63, 3.8) is 0 Å². The van der Waals surface area contributed by atoms with Gasteiger partial charge in [0.15, 0.2) is 5.96 Å². The van der Waals surface area contributed by atoms with Gasteiger partial charge in [0, 0.05) is 31.9 Å². The Kier molecular flexibility index (Phi) is 8.38. The van der Waals surface area contributed by atoms with Gasteiger partial charge in [-0.1, -0.05) is 18.2 Å². The van der Waals surface area contributed by atoms with E-state index in [4.69, 9.17) is 4.74 Å². The molecule has 2 N–H and O–H groups in total. The molecule has 0 aliphatic rings. The molecule has 2 heterocycles. The third-order valence-corrected chi connectivity index (χ3v) is 3.99. The van der Waals surface area contributed by atoms with E-state index in [1.165, 1.54) is 0 Å². The average Bonchev–Trinajstić information content (AvgIpc) is 3.09. The molecule has 144 valence electrons. The standard InChI is InChI=1S/C20H25N5O.HI/c1-3-21-20(23-14-16-7-6-8-18(13-16)26-2)22-11-10-17-15-25-12-5-4-9-19(25)24-17;/h4-9,12-13,15H,3,10-11,14H2,1-2H3,(H2,21,22,23);1H. The highest BCUT2D eigenvalue weighted by Crippen LogP contribution is 2.13. The second kappa shape index (κ2) is 10.8. The first-order valence-electron chi connectivity index (χ1n) is 8.86. The number of nitrogens with one attached hydrogen (secondary N) is 2. The average molecular weight is 479 g/mol. The molecule has 0 aliphatic heterocycles. The minimum Gasteiger partial charge on any atom is -0.497 e. The Morgan fingerprint density at radius 1 is 1.19 bits per heavy atom. The summed E-state index contributed by atoms with van der Waals surface area (Å²) in [6.07, 6.45) is 4.92. The van der Waals surface area contributed by atoms with Gasteiger partial charge in [0.25, 0.3) is 0 Å². The number of pyridine rings is 1. The van der Waals surface area contributed by atoms with Crippen molar-refractivity contribution in [2.75, 3.05) is 20.2 Å². The summed E-state index contributed by atoms with van der Waals surface area (Å²) >= 11 is 0. The summed E-state index contributed by atoms with van der Waals surface area (Å²) in [5.41, 5.74) is 3.15. The minimum atomic E-state index is 0. The Balaban J connectivity index is 0.00000261. The zero-order valence-corrected chi connectivity index (χ0v) is 18.0. The lowest BCUT2D eigenvalue weighted by molar-refractivity contribution is 0.414. The number of imidazole rings is 1. The molecule has 6 nitrogen and oxygen atoms in total. The number of rotatable bonds is 7. The van der Waals surface area contributed by atoms with Crippen LogP contribution in [0.2, 0.25) is 0 Å². The van der Waals surface area contributed by atoms with Crippen LogP contribution in [0.15, 0.2) is 59.9 Å². The van der Waals surface area contributed by atoms with Crippen molar-refractivity contribution < 1.29 is 4.74 Å². The lowest BCUT2D eigenvalue weighted by atomic mass is 10.2. The maximum atomic E-state index is 5.26. The summed E-state index contributed by atoms with van der Waals surface area (Å²) < 4.78 is 7.30. The van der Waals surface area contributed by atoms with Gasteiger partial charge in [0.05, 0.1) is 19.3 Å². The normalized spacial score (nSPS) is 11.1. The molecule has 0 bridgehead atoms. The van der Waals surface area contributed by atoms with Crippen LogP contribution in [0.4, 0.5) is 0 Å². The number of hydrogen-bond donors (Lipinski definition) is 2. The van der Waals surface area contributed by atoms with E-state index in [9.17, 15) is 0 Å². The largest absolute Gasteiger partial charge is 0.497 e. The van der Waals surface area contributed by atoms with Crippen molar-refractivity contribution in [1.29, 1.82) is 0 Å². The third kappa shape index (κ3) is 6.13. The summed E-state index contributed by atoms with van der Waals surface area (Å²) in [6, 6.07) is 14.0. The molecule has 0 spiro atoms. The molecule has 0 aliphatic carbocycles. The number of halogens is 1. The molecule has 0 amide bonds. The zero-order chi connectivity index (χ0) is 18.2. The molecule has 3 aromatic rings. The van der Waals surface area contributed by atoms with E-state index in [1.807, 2.05) is 53.1 Å². The summed E-state index contributed by atoms with van der Waals surface area (Å²) in [5.74, 6) is 1.65. The molecule has 27 heavy (non-hydrogen) atoms. The van der Waals surface area contributed by atoms with Crippen molar-refractivity contribution in [1.82, 2.24) is 20.0 Å². The number of fused-ring (bicyclic) bond motifs is 1. The van der Waals surface area contributed by atoms with Crippen molar-refractivity contribution in [2.45, 2.75) is 19.9 Å². The highest BCUT2D eigenvalue weighted by atomic mass is 127. The number of guanidine groups is 1. The smallest absolute Gasteiger partial charge is 0.191 e. The second-order valence-corrected chi connectivity index (χ2v) is 5.92. The molecule has 3 rings (SSSR count). The third-order valence-electron chi connectivity index (χ3n) is 3.99. The maximum Gasteiger partial charge on any atom is 0.191 e. The van der Waals surface area contributed by atoms with Crippen molar-refractivity contribution in [2.24, 2.45) is 4.99 Å². The van der Waals surface area contributed by atoms with Gasteiger partial charge in [0.2, 0.25) is 0 Å². The van der Waals surface area contributed by atoms with Crippen molar-refractivity contribution >= 4 is 35.6 Å². The summed E-state index contributed by atoms with van der Waals surface area (Å²) in [7, 11) is 1.67. The van der Waals surface area contributed by atoms with Crippen molar-refractivity contribution in [3.05, 3.63) is 66.1 Å². The highest BCUT2D eigenvalue weighted by Gasteiger charge is 2.02. The molecule has 0 fully saturated rings. The van der Waals surface area contributed by atoms with Gasteiger partial charge in [0.1, 0.15) is 11.4 Å². The zero-order valence-electron chi connectivity index (χ0n) is 15.7. The fraction of sp³-hybridized carbons (Fsp3) is 0.300. The predicted molar refractivity (Wildman–Crippen MR) is 120 cm³/mol. The highest BCUT2D eigenvalue weighted by molar-refractivity contribution is 14.0. The quantitative estimate of drug-likeness (QED) is 0.310. The van der Waals surface area contributed by atoms with Crippen LogP contribution >= 0.6 is 24.0 Å². The van der Waals surface area contributed by atoms with Crippen LogP contribution in [0.3, 0.4) is 0 Å². The SMILES string of the molecule is CCNC(=NCc1cccc(OC)c1)NCCc1cn2ccccc2n1.I. The Labute approximate surface area is 177 Å². The predicted octanol–water partition coefficient (Wildman–Crippen LogP) is 3.26. The molecule has 0 saturated carbocycles. The van der Waals surface area contributed by atoms with Crippen LogP contribution in [0, 0.1) is 0 Å². The van der Waals surface area contributed by atoms with E-state index >= 15 is 0 Å². The van der Waals surface area contributed by atoms with Gasteiger partial charge in [-0.2, -0.15) is 0 Å². The van der Waals surface area contributed by atoms with E-state index in [-0.39, 0.29) is 24.0 Å². The summed E-state index contributed by atoms with van der Waals surface area (Å²) in [5, 5.41) is 6.65. The van der Waals surface area contributed by atoms with E-state index < -0.39 is 0 Å². The van der Waals surface area contributed by atoms with Crippen LogP contribution in [-0.2, 0) is 13.0 Å². The van der Waals surface area contributed by atoms with Crippen LogP contribution in [0.25, 0.3) is 5.65 Å². The first-order valence-corrected chi connectivity index (χ1v) is 8.86. The van der Waals surface area contributed by atoms with Gasteiger partial charge in [-0.25, -0.2) is 9.98 Å². The number of benzene rings is 1. The van der Waals surface area contributed by atoms with Gasteiger partial charge in [-0.15, -0.1) is 24.0 Å². The van der Waals surface area contributed by atoms with Crippen LogP contribution in [-0.4, -0.2) is 35.5 Å². The molecule has 0 atom stereocenters. The van der Waals surface area contributed by atoms with E-state index in [0.29, 0.717) is 6.54 Å². The lowest BCUT2D eigenvalue weighted by Gasteiger charge is -2.11. The number of hydrogen-bond acceptors (Lipinski definition) is 3. The number of aromatic nitrogens is 2. The fourth-order valence-electron chi connectivity index (χ4n) is 2.70. The molecule has 1 aromatic carbocycles. The number of aliphatic imine (C=N–C) groups is 1. The molecule has 0 radical (unpaired) electrons. The number of methoxy groups -OCH3 is 1. The van der Waals surface area contributed by atoms with Gasteiger partial charge >= 0.3 is 0 Å². The fourth-order valence-corrected chi connectivity index (χ4v) is 2.70. The molecule has 2 aromatic heterocycles. The van der Waals surface area contributed by atoms with E-state index in [0.717, 1.165) is 48.1 Å². The second-order valence-electron chi connectivity index (χ2n) is 5.92. The van der Waals surface area contributed by atoms with Gasteiger partial charge < -0.3 is 19.8 Å². The minimum absolute atomic E-state index is 0. The Hall–Kier alpha value is -2.29. The molecule has 7 heteroatoms. The Morgan fingerprint density at radius 2 is 2.07 bits per heavy atom. The maximum absolute atomic E-state index is 5.26. The van der Waals surface area contributed by atoms with Crippen LogP contribution < -0.4 is 15.4 Å². The first kappa shape index (κ1) is 21.0. The van der Waals surface area contributed by atoms with Gasteiger partial charge in [-0.05, 0) is 36.8 Å². The van der Waals surface area contributed by atoms with Crippen molar-refractivity contribution in [3.8, 4) is 5.75 Å². The molecule has 0 unspecified atom stereocenters. The monoisotopic (exact) mass is 479 g/mol. The Bertz CT molecular complexity index is 844. The molecular weight excluding hydrogens is 453 g/mol. The molecular formula is C20H26IN5O.